The van der Waals surface area contributed by atoms with E-state index in [2.05, 4.69) is 26.0 Å². The van der Waals surface area contributed by atoms with Gasteiger partial charge in [-0.25, -0.2) is 16.8 Å². The van der Waals surface area contributed by atoms with Gasteiger partial charge < -0.3 is 0 Å². The van der Waals surface area contributed by atoms with E-state index in [1.807, 2.05) is 57.5 Å². The highest BCUT2D eigenvalue weighted by atomic mass is 32.2. The molecule has 48 heavy (non-hydrogen) atoms. The molecule has 4 nitrogen and oxygen atoms in total. The van der Waals surface area contributed by atoms with Gasteiger partial charge in [-0.1, -0.05) is 36.4 Å². The van der Waals surface area contributed by atoms with Gasteiger partial charge in [0.1, 0.15) is 0 Å². The van der Waals surface area contributed by atoms with Gasteiger partial charge in [0.25, 0.3) is 0 Å². The largest absolute Gasteiger partial charge is 0.219 e. The molecule has 0 radical (unpaired) electrons. The number of thiophene rings is 6. The van der Waals surface area contributed by atoms with E-state index in [1.165, 1.54) is 59.9 Å². The quantitative estimate of drug-likeness (QED) is 0.154. The van der Waals surface area contributed by atoms with Crippen LogP contribution in [0.25, 0.3) is 59.9 Å². The molecule has 0 aliphatic rings. The van der Waals surface area contributed by atoms with E-state index in [0.717, 1.165) is 19.5 Å². The maximum Gasteiger partial charge on any atom is 0.199 e. The molecule has 8 aromatic rings. The molecule has 0 amide bonds. The van der Waals surface area contributed by atoms with Crippen LogP contribution in [0, 0.1) is 13.8 Å². The summed E-state index contributed by atoms with van der Waals surface area (Å²) in [4.78, 5) is 7.13. The van der Waals surface area contributed by atoms with Crippen molar-refractivity contribution in [3.63, 3.8) is 0 Å². The lowest BCUT2D eigenvalue weighted by Gasteiger charge is -1.97. The van der Waals surface area contributed by atoms with Crippen LogP contribution in [0.2, 0.25) is 0 Å². The predicted octanol–water partition coefficient (Wildman–Crippen LogP) is 12.4. The molecule has 240 valence electrons. The van der Waals surface area contributed by atoms with E-state index in [1.54, 1.807) is 95.5 Å². The average Bonchev–Trinajstić information content (AvgIpc) is 3.93. The zero-order valence-corrected chi connectivity index (χ0v) is 31.8. The number of aryl methyl sites for hydroxylation is 2. The summed E-state index contributed by atoms with van der Waals surface area (Å²) in [6, 6.07) is 25.1. The fourth-order valence-corrected chi connectivity index (χ4v) is 15.8. The molecule has 0 saturated carbocycles. The number of benzene rings is 2. The van der Waals surface area contributed by atoms with E-state index >= 15 is 0 Å². The normalized spacial score (nSPS) is 13.0. The molecule has 0 unspecified atom stereocenters. The van der Waals surface area contributed by atoms with E-state index in [-0.39, 0.29) is 0 Å². The summed E-state index contributed by atoms with van der Waals surface area (Å²) in [6.07, 6.45) is 3.38. The molecule has 8 rings (SSSR count). The van der Waals surface area contributed by atoms with Crippen LogP contribution in [0.5, 0.6) is 0 Å². The summed E-state index contributed by atoms with van der Waals surface area (Å²) in [5.41, 5.74) is 2.53. The van der Waals surface area contributed by atoms with E-state index < -0.39 is 19.7 Å². The molecule has 0 aliphatic heterocycles. The van der Waals surface area contributed by atoms with E-state index in [9.17, 15) is 16.8 Å². The maximum absolute atomic E-state index is 12.7. The van der Waals surface area contributed by atoms with Crippen molar-refractivity contribution in [2.75, 3.05) is 0 Å². The molecular formula is C36H24O4S8. The molecular weight excluding hydrogens is 753 g/mol. The molecule has 0 bridgehead atoms. The van der Waals surface area contributed by atoms with Crippen molar-refractivity contribution in [3.05, 3.63) is 117 Å². The van der Waals surface area contributed by atoms with Gasteiger partial charge >= 0.3 is 0 Å². The van der Waals surface area contributed by atoms with Crippen LogP contribution in [0.15, 0.2) is 106 Å². The molecule has 0 spiro atoms. The second-order valence-electron chi connectivity index (χ2n) is 11.0. The molecule has 0 atom stereocenters. The number of hydrogen-bond acceptors (Lipinski definition) is 10. The first-order valence-electron chi connectivity index (χ1n) is 14.6. The van der Waals surface area contributed by atoms with Gasteiger partial charge in [-0.2, -0.15) is 0 Å². The fraction of sp³-hybridized carbons (Fsp3) is 0.0556. The van der Waals surface area contributed by atoms with Crippen molar-refractivity contribution < 1.29 is 16.8 Å². The van der Waals surface area contributed by atoms with Gasteiger partial charge in [0.15, 0.2) is 19.7 Å². The van der Waals surface area contributed by atoms with Crippen molar-refractivity contribution in [2.24, 2.45) is 0 Å². The number of fused-ring (bicyclic) bond motifs is 5. The number of sulfone groups is 2. The molecule has 0 aliphatic carbocycles. The van der Waals surface area contributed by atoms with Gasteiger partial charge in [0, 0.05) is 40.1 Å². The first kappa shape index (κ1) is 32.0. The summed E-state index contributed by atoms with van der Waals surface area (Å²) in [5, 5.41) is 2.58. The van der Waals surface area contributed by atoms with Crippen molar-refractivity contribution >= 4 is 128 Å². The van der Waals surface area contributed by atoms with Crippen LogP contribution < -0.4 is 0 Å². The van der Waals surface area contributed by atoms with Crippen LogP contribution >= 0.6 is 68.0 Å². The van der Waals surface area contributed by atoms with Gasteiger partial charge in [0.05, 0.1) is 38.0 Å². The standard InChI is InChI=1S/C36H24O4S8/c1-21-29(27-15-13-23(41-27)17-19-47(37,38)25-9-5-3-6-10-25)43-33-31(21)45-36-34-32(46-35(33)36)22(2)30(44-34)28-16-14-24(42-28)18-20-48(39,40)26-11-7-4-8-12-26/h3-20H,1-2H3/b19-17+,20-18+. The third-order valence-corrected chi connectivity index (χ3v) is 19.1. The zero-order valence-electron chi connectivity index (χ0n) is 25.3. The Morgan fingerprint density at radius 3 is 1.21 bits per heavy atom. The third kappa shape index (κ3) is 5.67. The highest BCUT2D eigenvalue weighted by Gasteiger charge is 2.23. The van der Waals surface area contributed by atoms with E-state index in [0.29, 0.717) is 9.79 Å². The summed E-state index contributed by atoms with van der Waals surface area (Å²) in [5.74, 6) is 0. The Hall–Kier alpha value is -3.20. The highest BCUT2D eigenvalue weighted by Crippen LogP contribution is 2.55. The van der Waals surface area contributed by atoms with Crippen LogP contribution in [-0.4, -0.2) is 16.8 Å². The topological polar surface area (TPSA) is 68.3 Å². The first-order valence-corrected chi connectivity index (χ1v) is 22.6. The Labute approximate surface area is 302 Å². The molecule has 6 heterocycles. The molecule has 12 heteroatoms. The second-order valence-corrected chi connectivity index (χ2v) is 21.0. The van der Waals surface area contributed by atoms with Crippen molar-refractivity contribution in [2.45, 2.75) is 23.6 Å². The highest BCUT2D eigenvalue weighted by molar-refractivity contribution is 7.94. The molecule has 6 aromatic heterocycles. The monoisotopic (exact) mass is 776 g/mol. The Balaban J connectivity index is 1.08. The van der Waals surface area contributed by atoms with Crippen molar-refractivity contribution in [1.29, 1.82) is 0 Å². The van der Waals surface area contributed by atoms with Crippen LogP contribution in [0.1, 0.15) is 20.9 Å². The van der Waals surface area contributed by atoms with Gasteiger partial charge in [-0.05, 0) is 85.7 Å². The fourth-order valence-electron chi connectivity index (χ4n) is 5.43. The minimum Gasteiger partial charge on any atom is -0.219 e. The van der Waals surface area contributed by atoms with Crippen molar-refractivity contribution in [1.82, 2.24) is 0 Å². The lowest BCUT2D eigenvalue weighted by atomic mass is 10.2. The van der Waals surface area contributed by atoms with Gasteiger partial charge in [0.2, 0.25) is 0 Å². The van der Waals surface area contributed by atoms with Crippen LogP contribution in [0.3, 0.4) is 0 Å². The molecule has 0 N–H and O–H groups in total. The van der Waals surface area contributed by atoms with Gasteiger partial charge in [-0.3, -0.25) is 0 Å². The lowest BCUT2D eigenvalue weighted by Crippen LogP contribution is -1.94. The van der Waals surface area contributed by atoms with Crippen molar-refractivity contribution in [3.8, 4) is 19.5 Å². The van der Waals surface area contributed by atoms with E-state index in [4.69, 9.17) is 0 Å². The summed E-state index contributed by atoms with van der Waals surface area (Å²) < 4.78 is 58.8. The molecule has 0 saturated heterocycles. The summed E-state index contributed by atoms with van der Waals surface area (Å²) in [6.45, 7) is 4.37. The molecule has 0 fully saturated rings. The Kier molecular flexibility index (Phi) is 8.20. The predicted molar refractivity (Wildman–Crippen MR) is 212 cm³/mol. The number of rotatable bonds is 8. The Morgan fingerprint density at radius 1 is 0.438 bits per heavy atom. The summed E-state index contributed by atoms with van der Waals surface area (Å²) in [7, 11) is -7.00. The SMILES string of the molecule is Cc1c(-c2ccc(/C=C/S(=O)(=O)c3ccccc3)s2)sc2c1sc1c3sc(-c4ccc(/C=C/S(=O)(=O)c5ccccc5)s4)c(C)c3sc21. The van der Waals surface area contributed by atoms with Crippen LogP contribution in [-0.2, 0) is 19.7 Å². The Morgan fingerprint density at radius 2 is 0.812 bits per heavy atom. The smallest absolute Gasteiger partial charge is 0.199 e. The minimum absolute atomic E-state index is 0.291. The zero-order chi connectivity index (χ0) is 33.2. The minimum atomic E-state index is -3.50. The maximum atomic E-state index is 12.7. The van der Waals surface area contributed by atoms with Crippen LogP contribution in [0.4, 0.5) is 0 Å². The lowest BCUT2D eigenvalue weighted by molar-refractivity contribution is 0.603. The molecule has 2 aromatic carbocycles. The van der Waals surface area contributed by atoms with Gasteiger partial charge in [-0.15, -0.1) is 68.0 Å². The number of hydrogen-bond donors (Lipinski definition) is 0. The third-order valence-electron chi connectivity index (χ3n) is 7.88. The summed E-state index contributed by atoms with van der Waals surface area (Å²) >= 11 is 10.6. The Bertz CT molecular complexity index is 2570. The average molecular weight is 777 g/mol. The second kappa shape index (κ2) is 12.3. The first-order chi connectivity index (χ1) is 23.1.